The largest absolute Gasteiger partial charge is 0.248 e. The van der Waals surface area contributed by atoms with Gasteiger partial charge in [0.15, 0.2) is 11.6 Å². The molecular formula is C75H49N5. The summed E-state index contributed by atoms with van der Waals surface area (Å²) in [6, 6.07) is 104. The average Bonchev–Trinajstić information content (AvgIpc) is 3.56. The molecule has 0 bridgehead atoms. The smallest absolute Gasteiger partial charge is 0.160 e. The third kappa shape index (κ3) is 9.61. The maximum absolute atomic E-state index is 5.34. The first-order valence-corrected chi connectivity index (χ1v) is 27.0. The Kier molecular flexibility index (Phi) is 12.5. The monoisotopic (exact) mass is 1020 g/mol. The third-order valence-electron chi connectivity index (χ3n) is 14.9. The van der Waals surface area contributed by atoms with Crippen LogP contribution in [0.2, 0.25) is 0 Å². The van der Waals surface area contributed by atoms with Gasteiger partial charge in [0.2, 0.25) is 0 Å². The molecule has 374 valence electrons. The van der Waals surface area contributed by atoms with E-state index in [9.17, 15) is 0 Å². The fourth-order valence-electron chi connectivity index (χ4n) is 10.8. The van der Waals surface area contributed by atoms with Crippen LogP contribution in [0.5, 0.6) is 0 Å². The van der Waals surface area contributed by atoms with Crippen molar-refractivity contribution in [2.24, 2.45) is 0 Å². The molecule has 0 saturated carbocycles. The zero-order chi connectivity index (χ0) is 53.2. The lowest BCUT2D eigenvalue weighted by atomic mass is 9.94. The van der Waals surface area contributed by atoms with E-state index in [1.54, 1.807) is 0 Å². The zero-order valence-corrected chi connectivity index (χ0v) is 43.5. The zero-order valence-electron chi connectivity index (χ0n) is 43.5. The lowest BCUT2D eigenvalue weighted by molar-refractivity contribution is 1.23. The molecule has 0 aliphatic carbocycles. The van der Waals surface area contributed by atoms with Crippen molar-refractivity contribution in [2.75, 3.05) is 0 Å². The Hall–Kier alpha value is -10.8. The molecule has 5 nitrogen and oxygen atoms in total. The molecule has 0 saturated heterocycles. The van der Waals surface area contributed by atoms with Crippen molar-refractivity contribution in [2.45, 2.75) is 0 Å². The number of fused-ring (bicyclic) bond motifs is 2. The molecule has 0 amide bonds. The average molecular weight is 1020 g/mol. The first-order valence-electron chi connectivity index (χ1n) is 27.0. The Bertz CT molecular complexity index is 4290. The van der Waals surface area contributed by atoms with Gasteiger partial charge in [0, 0.05) is 44.2 Å². The molecule has 0 N–H and O–H groups in total. The summed E-state index contributed by atoms with van der Waals surface area (Å²) >= 11 is 0. The molecule has 14 aromatic rings. The number of para-hydroxylation sites is 2. The molecule has 0 atom stereocenters. The molecule has 14 rings (SSSR count). The molecule has 11 aromatic carbocycles. The first kappa shape index (κ1) is 47.7. The molecule has 0 unspecified atom stereocenters. The van der Waals surface area contributed by atoms with Gasteiger partial charge in [0.25, 0.3) is 0 Å². The molecule has 0 fully saturated rings. The van der Waals surface area contributed by atoms with Gasteiger partial charge in [-0.25, -0.2) is 24.9 Å². The second-order valence-corrected chi connectivity index (χ2v) is 20.0. The fraction of sp³-hybridized carbons (Fsp3) is 0. The Morgan fingerprint density at radius 3 is 0.887 bits per heavy atom. The van der Waals surface area contributed by atoms with Gasteiger partial charge < -0.3 is 0 Å². The van der Waals surface area contributed by atoms with Gasteiger partial charge in [-0.15, -0.1) is 0 Å². The summed E-state index contributed by atoms with van der Waals surface area (Å²) in [6.07, 6.45) is 0. The van der Waals surface area contributed by atoms with E-state index in [2.05, 4.69) is 237 Å². The lowest BCUT2D eigenvalue weighted by Gasteiger charge is -2.13. The van der Waals surface area contributed by atoms with Crippen molar-refractivity contribution < 1.29 is 0 Å². The van der Waals surface area contributed by atoms with Crippen LogP contribution in [0.25, 0.3) is 145 Å². The Morgan fingerprint density at radius 1 is 0.163 bits per heavy atom. The summed E-state index contributed by atoms with van der Waals surface area (Å²) in [5, 5.41) is 2.06. The minimum Gasteiger partial charge on any atom is -0.248 e. The molecule has 0 spiro atoms. The topological polar surface area (TPSA) is 64.5 Å². The lowest BCUT2D eigenvalue weighted by Crippen LogP contribution is -1.95. The number of nitrogens with zero attached hydrogens (tertiary/aromatic N) is 5. The van der Waals surface area contributed by atoms with E-state index in [0.29, 0.717) is 0 Å². The van der Waals surface area contributed by atoms with Crippen molar-refractivity contribution in [3.8, 4) is 123 Å². The summed E-state index contributed by atoms with van der Waals surface area (Å²) in [6.45, 7) is 0. The molecule has 3 heterocycles. The van der Waals surface area contributed by atoms with Crippen LogP contribution in [0.15, 0.2) is 297 Å². The van der Waals surface area contributed by atoms with Gasteiger partial charge in [-0.05, 0) is 104 Å². The van der Waals surface area contributed by atoms with E-state index >= 15 is 0 Å². The molecule has 3 aromatic heterocycles. The second kappa shape index (κ2) is 21.0. The SMILES string of the molecule is c1ccc(-c2cc(-c3cccc(-c4cccc(-c5ccc(-c6nc(-c7ccccc7)nc7ccccc67)cc5)c4)c3)cc(-c3cccc(-c4cccc(-c5ccc(-c6nc(-c7ccccc7)nc7ccccc67)cc5)c4)c3)n2)cc1. The van der Waals surface area contributed by atoms with Crippen LogP contribution in [-0.4, -0.2) is 24.9 Å². The van der Waals surface area contributed by atoms with E-state index < -0.39 is 0 Å². The second-order valence-electron chi connectivity index (χ2n) is 20.0. The van der Waals surface area contributed by atoms with Crippen LogP contribution in [-0.2, 0) is 0 Å². The highest BCUT2D eigenvalue weighted by atomic mass is 14.9. The number of benzene rings is 11. The normalized spacial score (nSPS) is 11.2. The van der Waals surface area contributed by atoms with Crippen LogP contribution < -0.4 is 0 Å². The molecule has 0 aliphatic rings. The summed E-state index contributed by atoms with van der Waals surface area (Å²) in [5.41, 5.74) is 23.0. The minimum absolute atomic E-state index is 0.718. The van der Waals surface area contributed by atoms with Gasteiger partial charge in [-0.2, -0.15) is 0 Å². The minimum atomic E-state index is 0.718. The number of aromatic nitrogens is 5. The first-order chi connectivity index (χ1) is 39.6. The fourth-order valence-corrected chi connectivity index (χ4v) is 10.8. The van der Waals surface area contributed by atoms with Crippen molar-refractivity contribution in [3.05, 3.63) is 297 Å². The highest BCUT2D eigenvalue weighted by Crippen LogP contribution is 2.38. The number of hydrogen-bond acceptors (Lipinski definition) is 5. The van der Waals surface area contributed by atoms with Crippen LogP contribution in [0.1, 0.15) is 0 Å². The maximum Gasteiger partial charge on any atom is 0.160 e. The highest BCUT2D eigenvalue weighted by Gasteiger charge is 2.16. The number of rotatable bonds is 11. The summed E-state index contributed by atoms with van der Waals surface area (Å²) in [5.74, 6) is 1.44. The molecule has 0 radical (unpaired) electrons. The summed E-state index contributed by atoms with van der Waals surface area (Å²) in [4.78, 5) is 25.4. The van der Waals surface area contributed by atoms with Gasteiger partial charge in [0.1, 0.15) is 0 Å². The van der Waals surface area contributed by atoms with Crippen LogP contribution in [0.4, 0.5) is 0 Å². The maximum atomic E-state index is 5.34. The Balaban J connectivity index is 0.756. The molecule has 5 heteroatoms. The van der Waals surface area contributed by atoms with Crippen molar-refractivity contribution in [3.63, 3.8) is 0 Å². The molecule has 80 heavy (non-hydrogen) atoms. The van der Waals surface area contributed by atoms with Crippen LogP contribution >= 0.6 is 0 Å². The van der Waals surface area contributed by atoms with Gasteiger partial charge >= 0.3 is 0 Å². The molecular weight excluding hydrogens is 971 g/mol. The van der Waals surface area contributed by atoms with E-state index in [1.165, 1.54) is 0 Å². The highest BCUT2D eigenvalue weighted by molar-refractivity contribution is 5.95. The van der Waals surface area contributed by atoms with E-state index in [1.807, 2.05) is 60.7 Å². The van der Waals surface area contributed by atoms with Crippen molar-refractivity contribution in [1.82, 2.24) is 24.9 Å². The van der Waals surface area contributed by atoms with Crippen molar-refractivity contribution >= 4 is 21.8 Å². The third-order valence-corrected chi connectivity index (χ3v) is 14.9. The summed E-state index contributed by atoms with van der Waals surface area (Å²) in [7, 11) is 0. The summed E-state index contributed by atoms with van der Waals surface area (Å²) < 4.78 is 0. The Morgan fingerprint density at radius 2 is 0.463 bits per heavy atom. The predicted molar refractivity (Wildman–Crippen MR) is 330 cm³/mol. The standard InChI is InChI=1S/C75H49N5/c1-4-18-52(19-5-1)70-48-65(63-30-16-28-61(46-63)59-26-14-24-57(44-59)50-36-40-53(41-37-50)72-66-32-10-12-34-68(66)77-74(79-72)55-20-6-2-7-21-55)49-71(76-70)64-31-17-29-62(47-64)60-27-15-25-58(45-60)51-38-42-54(43-39-51)73-67-33-11-13-35-69(67)78-75(80-73)56-22-8-3-9-23-56/h1-49H. The van der Waals surface area contributed by atoms with E-state index in [4.69, 9.17) is 24.9 Å². The van der Waals surface area contributed by atoms with E-state index in [-0.39, 0.29) is 0 Å². The van der Waals surface area contributed by atoms with Gasteiger partial charge in [-0.3, -0.25) is 0 Å². The molecule has 0 aliphatic heterocycles. The number of pyridine rings is 1. The van der Waals surface area contributed by atoms with Gasteiger partial charge in [0.05, 0.1) is 33.8 Å². The number of hydrogen-bond donors (Lipinski definition) is 0. The quantitative estimate of drug-likeness (QED) is 0.129. The van der Waals surface area contributed by atoms with Gasteiger partial charge in [-0.1, -0.05) is 249 Å². The van der Waals surface area contributed by atoms with Crippen LogP contribution in [0, 0.1) is 0 Å². The predicted octanol–water partition coefficient (Wildman–Crippen LogP) is 19.3. The van der Waals surface area contributed by atoms with E-state index in [0.717, 1.165) is 145 Å². The van der Waals surface area contributed by atoms with Crippen LogP contribution in [0.3, 0.4) is 0 Å². The van der Waals surface area contributed by atoms with Crippen molar-refractivity contribution in [1.29, 1.82) is 0 Å². The Labute approximate surface area is 465 Å².